The molecule has 104 valence electrons. The van der Waals surface area contributed by atoms with Gasteiger partial charge in [0.05, 0.1) is 17.6 Å². The molecule has 0 fully saturated rings. The van der Waals surface area contributed by atoms with Crippen LogP contribution in [0.3, 0.4) is 0 Å². The molecule has 0 bridgehead atoms. The summed E-state index contributed by atoms with van der Waals surface area (Å²) in [7, 11) is 0. The summed E-state index contributed by atoms with van der Waals surface area (Å²) in [5.74, 6) is -0.244. The first-order valence-electron chi connectivity index (χ1n) is 6.84. The summed E-state index contributed by atoms with van der Waals surface area (Å²) in [4.78, 5) is 0. The molecule has 3 aromatic rings. The molecule has 0 N–H and O–H groups in total. The molecule has 4 rings (SSSR count). The van der Waals surface area contributed by atoms with Crippen LogP contribution >= 0.6 is 11.6 Å². The van der Waals surface area contributed by atoms with Crippen molar-refractivity contribution in [1.82, 2.24) is 9.78 Å². The lowest BCUT2D eigenvalue weighted by Gasteiger charge is -2.18. The topological polar surface area (TPSA) is 17.8 Å². The van der Waals surface area contributed by atoms with Gasteiger partial charge < -0.3 is 0 Å². The lowest BCUT2D eigenvalue weighted by atomic mass is 9.90. The fraction of sp³-hybridized carbons (Fsp3) is 0.118. The van der Waals surface area contributed by atoms with Gasteiger partial charge in [-0.3, -0.25) is 0 Å². The predicted molar refractivity (Wildman–Crippen MR) is 81.4 cm³/mol. The van der Waals surface area contributed by atoms with Gasteiger partial charge in [0.15, 0.2) is 0 Å². The van der Waals surface area contributed by atoms with E-state index in [1.807, 2.05) is 29.1 Å². The van der Waals surface area contributed by atoms with E-state index in [1.165, 1.54) is 23.3 Å². The summed E-state index contributed by atoms with van der Waals surface area (Å²) in [5, 5.41) is 5.23. The minimum atomic E-state index is -0.244. The van der Waals surface area contributed by atoms with E-state index in [1.54, 1.807) is 12.1 Å². The van der Waals surface area contributed by atoms with E-state index in [0.717, 1.165) is 34.8 Å². The fourth-order valence-electron chi connectivity index (χ4n) is 2.90. The molecule has 0 radical (unpaired) electrons. The first-order valence-corrected chi connectivity index (χ1v) is 7.22. The van der Waals surface area contributed by atoms with Crippen LogP contribution in [-0.2, 0) is 12.8 Å². The van der Waals surface area contributed by atoms with E-state index in [-0.39, 0.29) is 5.82 Å². The van der Waals surface area contributed by atoms with Gasteiger partial charge >= 0.3 is 0 Å². The molecule has 0 amide bonds. The second-order valence-corrected chi connectivity index (χ2v) is 5.64. The van der Waals surface area contributed by atoms with Gasteiger partial charge in [-0.05, 0) is 60.4 Å². The maximum atomic E-state index is 13.1. The highest BCUT2D eigenvalue weighted by molar-refractivity contribution is 6.30. The Labute approximate surface area is 126 Å². The summed E-state index contributed by atoms with van der Waals surface area (Å²) in [6.45, 7) is 0. The van der Waals surface area contributed by atoms with Gasteiger partial charge in [-0.15, -0.1) is 0 Å². The Kier molecular flexibility index (Phi) is 2.82. The van der Waals surface area contributed by atoms with Crippen LogP contribution in [0, 0.1) is 5.82 Å². The molecule has 21 heavy (non-hydrogen) atoms. The summed E-state index contributed by atoms with van der Waals surface area (Å²) in [5.41, 5.74) is 5.55. The molecule has 1 heterocycles. The monoisotopic (exact) mass is 298 g/mol. The van der Waals surface area contributed by atoms with Gasteiger partial charge in [-0.2, -0.15) is 5.10 Å². The van der Waals surface area contributed by atoms with E-state index >= 15 is 0 Å². The smallest absolute Gasteiger partial charge is 0.123 e. The second kappa shape index (κ2) is 4.71. The van der Waals surface area contributed by atoms with Crippen LogP contribution in [0.5, 0.6) is 0 Å². The highest BCUT2D eigenvalue weighted by atomic mass is 35.5. The van der Waals surface area contributed by atoms with Gasteiger partial charge in [-0.1, -0.05) is 17.7 Å². The van der Waals surface area contributed by atoms with Crippen molar-refractivity contribution in [2.24, 2.45) is 0 Å². The maximum Gasteiger partial charge on any atom is 0.123 e. The van der Waals surface area contributed by atoms with Crippen LogP contribution < -0.4 is 0 Å². The van der Waals surface area contributed by atoms with E-state index in [9.17, 15) is 4.39 Å². The Bertz CT molecular complexity index is 821. The Morgan fingerprint density at radius 2 is 1.76 bits per heavy atom. The molecular formula is C17H12ClFN2. The minimum absolute atomic E-state index is 0.244. The third-order valence-electron chi connectivity index (χ3n) is 3.90. The Hall–Kier alpha value is -2.13. The van der Waals surface area contributed by atoms with Crippen molar-refractivity contribution >= 4 is 11.6 Å². The molecule has 2 nitrogen and oxygen atoms in total. The van der Waals surface area contributed by atoms with Crippen LogP contribution in [0.15, 0.2) is 48.7 Å². The van der Waals surface area contributed by atoms with E-state index in [2.05, 4.69) is 5.10 Å². The van der Waals surface area contributed by atoms with Crippen molar-refractivity contribution in [3.63, 3.8) is 0 Å². The summed E-state index contributed by atoms with van der Waals surface area (Å²) in [6, 6.07) is 12.3. The molecule has 0 spiro atoms. The van der Waals surface area contributed by atoms with Crippen molar-refractivity contribution in [3.8, 4) is 16.9 Å². The molecule has 0 saturated carbocycles. The van der Waals surface area contributed by atoms with Crippen molar-refractivity contribution < 1.29 is 4.39 Å². The minimum Gasteiger partial charge on any atom is -0.233 e. The number of nitrogens with zero attached hydrogens (tertiary/aromatic N) is 2. The van der Waals surface area contributed by atoms with Crippen LogP contribution in [-0.4, -0.2) is 9.78 Å². The second-order valence-electron chi connectivity index (χ2n) is 5.21. The molecule has 0 atom stereocenters. The van der Waals surface area contributed by atoms with Crippen LogP contribution in [0.4, 0.5) is 4.39 Å². The molecule has 0 aliphatic heterocycles. The number of rotatable bonds is 1. The first-order chi connectivity index (χ1) is 10.2. The predicted octanol–water partition coefficient (Wildman–Crippen LogP) is 4.43. The number of fused-ring (bicyclic) bond motifs is 3. The summed E-state index contributed by atoms with van der Waals surface area (Å²) in [6.07, 6.45) is 3.82. The number of halogens is 2. The highest BCUT2D eigenvalue weighted by Crippen LogP contribution is 2.36. The zero-order valence-electron chi connectivity index (χ0n) is 11.2. The van der Waals surface area contributed by atoms with Crippen molar-refractivity contribution in [1.29, 1.82) is 0 Å². The fourth-order valence-corrected chi connectivity index (χ4v) is 3.09. The Morgan fingerprint density at radius 1 is 1.00 bits per heavy atom. The molecule has 0 saturated heterocycles. The van der Waals surface area contributed by atoms with Crippen LogP contribution in [0.2, 0.25) is 5.02 Å². The third-order valence-corrected chi connectivity index (χ3v) is 4.14. The quantitative estimate of drug-likeness (QED) is 0.650. The third kappa shape index (κ3) is 2.05. The summed E-state index contributed by atoms with van der Waals surface area (Å²) < 4.78 is 15.0. The average molecular weight is 299 g/mol. The molecule has 1 aromatic heterocycles. The number of aromatic nitrogens is 2. The Morgan fingerprint density at radius 3 is 2.57 bits per heavy atom. The van der Waals surface area contributed by atoms with Crippen LogP contribution in [0.25, 0.3) is 16.9 Å². The largest absolute Gasteiger partial charge is 0.233 e. The highest BCUT2D eigenvalue weighted by Gasteiger charge is 2.21. The van der Waals surface area contributed by atoms with E-state index < -0.39 is 0 Å². The van der Waals surface area contributed by atoms with Gasteiger partial charge in [0.1, 0.15) is 5.82 Å². The lowest BCUT2D eigenvalue weighted by Crippen LogP contribution is -2.07. The number of hydrogen-bond donors (Lipinski definition) is 0. The van der Waals surface area contributed by atoms with E-state index in [4.69, 9.17) is 11.6 Å². The number of hydrogen-bond acceptors (Lipinski definition) is 1. The molecule has 2 aromatic carbocycles. The zero-order chi connectivity index (χ0) is 14.4. The van der Waals surface area contributed by atoms with E-state index in [0.29, 0.717) is 0 Å². The normalized spacial score (nSPS) is 12.9. The first kappa shape index (κ1) is 12.6. The lowest BCUT2D eigenvalue weighted by molar-refractivity contribution is 0.627. The molecule has 1 aliphatic rings. The SMILES string of the molecule is Fc1ccc(-n2ncc3c2-c2ccc(Cl)cc2CC3)cc1. The average Bonchev–Trinajstić information content (AvgIpc) is 2.92. The number of aryl methyl sites for hydroxylation is 2. The molecular weight excluding hydrogens is 287 g/mol. The van der Waals surface area contributed by atoms with Crippen molar-refractivity contribution in [3.05, 3.63) is 70.6 Å². The van der Waals surface area contributed by atoms with Gasteiger partial charge in [0.2, 0.25) is 0 Å². The Balaban J connectivity index is 1.92. The summed E-state index contributed by atoms with van der Waals surface area (Å²) >= 11 is 6.09. The van der Waals surface area contributed by atoms with Gasteiger partial charge in [0.25, 0.3) is 0 Å². The molecule has 1 aliphatic carbocycles. The van der Waals surface area contributed by atoms with Crippen molar-refractivity contribution in [2.75, 3.05) is 0 Å². The molecule has 4 heteroatoms. The van der Waals surface area contributed by atoms with Crippen molar-refractivity contribution in [2.45, 2.75) is 12.8 Å². The van der Waals surface area contributed by atoms with Gasteiger partial charge in [0, 0.05) is 10.6 Å². The molecule has 0 unspecified atom stereocenters. The van der Waals surface area contributed by atoms with Crippen LogP contribution in [0.1, 0.15) is 11.1 Å². The zero-order valence-corrected chi connectivity index (χ0v) is 11.9. The number of benzene rings is 2. The van der Waals surface area contributed by atoms with Gasteiger partial charge in [-0.25, -0.2) is 9.07 Å². The standard InChI is InChI=1S/C17H12ClFN2/c18-13-3-8-16-11(9-13)1-2-12-10-20-21(17(12)16)15-6-4-14(19)5-7-15/h3-10H,1-2H2. The maximum absolute atomic E-state index is 13.1.